The summed E-state index contributed by atoms with van der Waals surface area (Å²) >= 11 is 0. The van der Waals surface area contributed by atoms with Crippen LogP contribution in [0.3, 0.4) is 0 Å². The number of carbonyl (C=O) groups excluding carboxylic acids is 2. The van der Waals surface area contributed by atoms with Crippen molar-refractivity contribution in [3.8, 4) is 11.5 Å². The zero-order chi connectivity index (χ0) is 18.7. The Hall–Kier alpha value is -2.45. The molecule has 26 heavy (non-hydrogen) atoms. The lowest BCUT2D eigenvalue weighted by atomic mass is 10.1. The van der Waals surface area contributed by atoms with Crippen molar-refractivity contribution in [1.29, 1.82) is 0 Å². The molecular weight excluding hydrogens is 340 g/mol. The van der Waals surface area contributed by atoms with Crippen molar-refractivity contribution in [1.82, 2.24) is 10.1 Å². The van der Waals surface area contributed by atoms with Crippen LogP contribution >= 0.6 is 0 Å². The Labute approximate surface area is 151 Å². The first kappa shape index (κ1) is 18.3. The molecule has 2 saturated heterocycles. The molecule has 2 heterocycles. The van der Waals surface area contributed by atoms with Gasteiger partial charge >= 0.3 is 5.97 Å². The molecule has 0 saturated carbocycles. The largest absolute Gasteiger partial charge is 0.478 e. The molecule has 0 aromatic heterocycles. The second-order valence-electron chi connectivity index (χ2n) is 6.57. The van der Waals surface area contributed by atoms with Gasteiger partial charge in [0, 0.05) is 19.2 Å². The summed E-state index contributed by atoms with van der Waals surface area (Å²) in [5, 5.41) is 12.6. The van der Waals surface area contributed by atoms with E-state index in [1.807, 2.05) is 0 Å². The van der Waals surface area contributed by atoms with Crippen molar-refractivity contribution in [2.45, 2.75) is 44.7 Å². The Morgan fingerprint density at radius 3 is 2.08 bits per heavy atom. The van der Waals surface area contributed by atoms with Crippen molar-refractivity contribution >= 4 is 18.5 Å². The third-order valence-electron chi connectivity index (χ3n) is 4.75. The fourth-order valence-electron chi connectivity index (χ4n) is 3.29. The van der Waals surface area contributed by atoms with Crippen molar-refractivity contribution in [3.63, 3.8) is 0 Å². The topological polar surface area (TPSA) is 96.4 Å². The van der Waals surface area contributed by atoms with Gasteiger partial charge in [-0.05, 0) is 44.2 Å². The molecule has 2 aliphatic rings. The first-order chi connectivity index (χ1) is 12.5. The number of hydrogen-bond acceptors (Lipinski definition) is 7. The standard InChI is InChI=1S/C18H22N2O6/c1-12-8-15(18(23)24)17(26-20-7-3-5-14(20)11-22)9-16(12)25-19-6-2-4-13(19)10-21/h8-11,13-14H,2-7H2,1H3,(H,23,24)/t13-,14-/m0/s1. The molecule has 2 aliphatic heterocycles. The van der Waals surface area contributed by atoms with Gasteiger partial charge in [0.15, 0.2) is 11.5 Å². The van der Waals surface area contributed by atoms with E-state index in [1.54, 1.807) is 12.0 Å². The Bertz CT molecular complexity index is 707. The van der Waals surface area contributed by atoms with Gasteiger partial charge in [0.1, 0.15) is 30.2 Å². The van der Waals surface area contributed by atoms with Crippen LogP contribution in [-0.2, 0) is 9.59 Å². The van der Waals surface area contributed by atoms with E-state index in [1.165, 1.54) is 17.2 Å². The van der Waals surface area contributed by atoms with Gasteiger partial charge < -0.3 is 24.4 Å². The van der Waals surface area contributed by atoms with Gasteiger partial charge in [-0.3, -0.25) is 0 Å². The maximum absolute atomic E-state index is 11.6. The molecule has 1 N–H and O–H groups in total. The monoisotopic (exact) mass is 362 g/mol. The number of rotatable bonds is 7. The Morgan fingerprint density at radius 1 is 1.04 bits per heavy atom. The molecule has 0 spiro atoms. The number of hydroxylamine groups is 4. The summed E-state index contributed by atoms with van der Waals surface area (Å²) in [4.78, 5) is 45.5. The van der Waals surface area contributed by atoms with Gasteiger partial charge in [0.05, 0.1) is 0 Å². The second kappa shape index (κ2) is 7.84. The number of carbonyl (C=O) groups is 3. The highest BCUT2D eigenvalue weighted by atomic mass is 16.7. The number of aromatic carboxylic acids is 1. The van der Waals surface area contributed by atoms with Crippen LogP contribution in [0.15, 0.2) is 12.1 Å². The molecule has 0 unspecified atom stereocenters. The van der Waals surface area contributed by atoms with Gasteiger partial charge in [-0.15, -0.1) is 10.1 Å². The van der Waals surface area contributed by atoms with Gasteiger partial charge in [-0.1, -0.05) is 0 Å². The van der Waals surface area contributed by atoms with Crippen LogP contribution in [0, 0.1) is 6.92 Å². The Kier molecular flexibility index (Phi) is 5.53. The lowest BCUT2D eigenvalue weighted by molar-refractivity contribution is -0.124. The zero-order valence-corrected chi connectivity index (χ0v) is 14.6. The minimum atomic E-state index is -1.12. The van der Waals surface area contributed by atoms with Crippen LogP contribution in [0.2, 0.25) is 0 Å². The number of carboxylic acids is 1. The molecule has 140 valence electrons. The average molecular weight is 362 g/mol. The minimum absolute atomic E-state index is 0.000224. The van der Waals surface area contributed by atoms with Crippen LogP contribution in [-0.4, -0.2) is 58.9 Å². The van der Waals surface area contributed by atoms with Crippen molar-refractivity contribution < 1.29 is 29.2 Å². The Morgan fingerprint density at radius 2 is 1.58 bits per heavy atom. The normalized spacial score (nSPS) is 23.7. The SMILES string of the molecule is Cc1cc(C(=O)O)c(ON2CCC[C@H]2C=O)cc1ON1CCC[C@H]1C=O. The quantitative estimate of drug-likeness (QED) is 0.731. The predicted molar refractivity (Wildman–Crippen MR) is 91.0 cm³/mol. The third kappa shape index (κ3) is 3.71. The molecular formula is C18H22N2O6. The van der Waals surface area contributed by atoms with Crippen LogP contribution in [0.5, 0.6) is 11.5 Å². The lowest BCUT2D eigenvalue weighted by Gasteiger charge is -2.24. The number of nitrogens with zero attached hydrogens (tertiary/aromatic N) is 2. The molecule has 8 heteroatoms. The molecule has 8 nitrogen and oxygen atoms in total. The first-order valence-electron chi connectivity index (χ1n) is 8.71. The fourth-order valence-corrected chi connectivity index (χ4v) is 3.29. The average Bonchev–Trinajstić information content (AvgIpc) is 3.25. The van der Waals surface area contributed by atoms with E-state index in [0.717, 1.165) is 31.8 Å². The van der Waals surface area contributed by atoms with E-state index in [4.69, 9.17) is 9.68 Å². The fraction of sp³-hybridized carbons (Fsp3) is 0.500. The summed E-state index contributed by atoms with van der Waals surface area (Å²) in [6.07, 6.45) is 4.72. The summed E-state index contributed by atoms with van der Waals surface area (Å²) in [7, 11) is 0. The van der Waals surface area contributed by atoms with E-state index < -0.39 is 5.97 Å². The number of benzene rings is 1. The number of hydrogen-bond donors (Lipinski definition) is 1. The molecule has 1 aromatic rings. The number of aryl methyl sites for hydroxylation is 1. The zero-order valence-electron chi connectivity index (χ0n) is 14.6. The molecule has 0 bridgehead atoms. The number of aldehydes is 2. The first-order valence-corrected chi connectivity index (χ1v) is 8.71. The molecule has 0 radical (unpaired) electrons. The highest BCUT2D eigenvalue weighted by Gasteiger charge is 2.30. The van der Waals surface area contributed by atoms with E-state index in [0.29, 0.717) is 30.8 Å². The van der Waals surface area contributed by atoms with Crippen molar-refractivity contribution in [2.24, 2.45) is 0 Å². The molecule has 2 atom stereocenters. The van der Waals surface area contributed by atoms with E-state index in [2.05, 4.69) is 0 Å². The summed E-state index contributed by atoms with van der Waals surface area (Å²) < 4.78 is 0. The van der Waals surface area contributed by atoms with Crippen LogP contribution in [0.25, 0.3) is 0 Å². The third-order valence-corrected chi connectivity index (χ3v) is 4.75. The van der Waals surface area contributed by atoms with Gasteiger partial charge in [0.25, 0.3) is 0 Å². The summed E-state index contributed by atoms with van der Waals surface area (Å²) in [6.45, 7) is 2.91. The summed E-state index contributed by atoms with van der Waals surface area (Å²) in [5.41, 5.74) is 0.624. The van der Waals surface area contributed by atoms with Crippen molar-refractivity contribution in [2.75, 3.05) is 13.1 Å². The molecule has 1 aromatic carbocycles. The highest BCUT2D eigenvalue weighted by Crippen LogP contribution is 2.32. The predicted octanol–water partition coefficient (Wildman–Crippen LogP) is 1.61. The Balaban J connectivity index is 1.87. The summed E-state index contributed by atoms with van der Waals surface area (Å²) in [6, 6.07) is 2.29. The van der Waals surface area contributed by atoms with Crippen LogP contribution in [0.1, 0.15) is 41.6 Å². The van der Waals surface area contributed by atoms with Crippen LogP contribution < -0.4 is 9.68 Å². The molecule has 2 fully saturated rings. The lowest BCUT2D eigenvalue weighted by Crippen LogP contribution is -2.35. The van der Waals surface area contributed by atoms with E-state index in [9.17, 15) is 19.5 Å². The smallest absolute Gasteiger partial charge is 0.339 e. The van der Waals surface area contributed by atoms with Gasteiger partial charge in [-0.2, -0.15) is 0 Å². The van der Waals surface area contributed by atoms with Gasteiger partial charge in [-0.25, -0.2) is 4.79 Å². The van der Waals surface area contributed by atoms with E-state index in [-0.39, 0.29) is 23.4 Å². The van der Waals surface area contributed by atoms with E-state index >= 15 is 0 Å². The summed E-state index contributed by atoms with van der Waals surface area (Å²) in [5.74, 6) is -0.572. The number of carboxylic acid groups (broad SMARTS) is 1. The second-order valence-corrected chi connectivity index (χ2v) is 6.57. The maximum Gasteiger partial charge on any atom is 0.339 e. The maximum atomic E-state index is 11.6. The highest BCUT2D eigenvalue weighted by molar-refractivity contribution is 5.91. The van der Waals surface area contributed by atoms with Crippen LogP contribution in [0.4, 0.5) is 0 Å². The molecule has 0 amide bonds. The minimum Gasteiger partial charge on any atom is -0.478 e. The molecule has 0 aliphatic carbocycles. The molecule has 3 rings (SSSR count). The van der Waals surface area contributed by atoms with Crippen molar-refractivity contribution in [3.05, 3.63) is 23.3 Å². The van der Waals surface area contributed by atoms with Gasteiger partial charge in [0.2, 0.25) is 0 Å².